The van der Waals surface area contributed by atoms with Gasteiger partial charge in [0.25, 0.3) is 0 Å². The second-order valence-corrected chi connectivity index (χ2v) is 4.11. The molecule has 0 amide bonds. The Kier molecular flexibility index (Phi) is 4.90. The molecule has 114 valence electrons. The van der Waals surface area contributed by atoms with Crippen LogP contribution in [0.25, 0.3) is 0 Å². The number of ether oxygens (including phenoxy) is 1. The first-order valence-electron chi connectivity index (χ1n) is 5.64. The van der Waals surface area contributed by atoms with Crippen LogP contribution in [0.3, 0.4) is 0 Å². The molecule has 8 heteroatoms. The summed E-state index contributed by atoms with van der Waals surface area (Å²) >= 11 is 0. The minimum Gasteiger partial charge on any atom is -0.491 e. The molecule has 1 aromatic carbocycles. The topological polar surface area (TPSA) is 29.5 Å². The van der Waals surface area contributed by atoms with E-state index in [2.05, 4.69) is 0 Å². The fourth-order valence-corrected chi connectivity index (χ4v) is 1.32. The highest BCUT2D eigenvalue weighted by atomic mass is 19.4. The van der Waals surface area contributed by atoms with Crippen molar-refractivity contribution in [3.63, 3.8) is 0 Å². The lowest BCUT2D eigenvalue weighted by molar-refractivity contribution is -0.143. The molecule has 0 heterocycles. The molecule has 1 N–H and O–H groups in total. The van der Waals surface area contributed by atoms with Crippen molar-refractivity contribution in [1.82, 2.24) is 0 Å². The first kappa shape index (κ1) is 16.6. The van der Waals surface area contributed by atoms with Gasteiger partial charge in [-0.2, -0.15) is 26.3 Å². The molecule has 0 fully saturated rings. The first-order valence-corrected chi connectivity index (χ1v) is 5.64. The van der Waals surface area contributed by atoms with E-state index < -0.39 is 35.3 Å². The van der Waals surface area contributed by atoms with Crippen LogP contribution in [0.4, 0.5) is 26.3 Å². The average Bonchev–Trinajstić information content (AvgIpc) is 2.33. The molecule has 2 nitrogen and oxygen atoms in total. The van der Waals surface area contributed by atoms with Crippen molar-refractivity contribution in [3.05, 3.63) is 29.3 Å². The third kappa shape index (κ3) is 4.59. The average molecular weight is 302 g/mol. The molecule has 0 radical (unpaired) electrons. The number of aliphatic hydroxyl groups is 1. The van der Waals surface area contributed by atoms with Gasteiger partial charge in [0.05, 0.1) is 17.2 Å². The molecule has 1 unspecified atom stereocenters. The van der Waals surface area contributed by atoms with Crippen LogP contribution < -0.4 is 4.74 Å². The minimum absolute atomic E-state index is 0.0170. The Hall–Kier alpha value is -1.44. The maximum absolute atomic E-state index is 12.5. The van der Waals surface area contributed by atoms with Crippen LogP contribution in [-0.2, 0) is 12.4 Å². The summed E-state index contributed by atoms with van der Waals surface area (Å²) in [5.74, 6) is -0.584. The number of alkyl halides is 6. The maximum atomic E-state index is 12.5. The van der Waals surface area contributed by atoms with E-state index in [1.54, 1.807) is 6.92 Å². The standard InChI is InChI=1S/C12H12F6O2/c1-2-9(19)6-20-10-4-7(11(13,14)15)3-8(5-10)12(16,17)18/h3-5,9,19H,2,6H2,1H3. The van der Waals surface area contributed by atoms with Gasteiger partial charge in [-0.05, 0) is 24.6 Å². The zero-order valence-corrected chi connectivity index (χ0v) is 10.3. The van der Waals surface area contributed by atoms with E-state index in [1.807, 2.05) is 0 Å². The van der Waals surface area contributed by atoms with Crippen LogP contribution in [0.1, 0.15) is 24.5 Å². The highest BCUT2D eigenvalue weighted by Crippen LogP contribution is 2.38. The third-order valence-electron chi connectivity index (χ3n) is 2.47. The van der Waals surface area contributed by atoms with Crippen molar-refractivity contribution >= 4 is 0 Å². The second-order valence-electron chi connectivity index (χ2n) is 4.11. The summed E-state index contributed by atoms with van der Waals surface area (Å²) in [6.07, 6.45) is -10.5. The zero-order valence-electron chi connectivity index (χ0n) is 10.3. The van der Waals surface area contributed by atoms with Crippen molar-refractivity contribution in [1.29, 1.82) is 0 Å². The van der Waals surface area contributed by atoms with Crippen molar-refractivity contribution < 1.29 is 36.2 Å². The molecular weight excluding hydrogens is 290 g/mol. The van der Waals surface area contributed by atoms with Gasteiger partial charge in [0.2, 0.25) is 0 Å². The Labute approximate surface area is 111 Å². The fourth-order valence-electron chi connectivity index (χ4n) is 1.32. The van der Waals surface area contributed by atoms with Gasteiger partial charge in [0.1, 0.15) is 12.4 Å². The lowest BCUT2D eigenvalue weighted by Crippen LogP contribution is -2.17. The van der Waals surface area contributed by atoms with Crippen molar-refractivity contribution in [2.45, 2.75) is 31.8 Å². The number of hydrogen-bond acceptors (Lipinski definition) is 2. The molecular formula is C12H12F6O2. The molecule has 0 aliphatic rings. The molecule has 0 aliphatic carbocycles. The van der Waals surface area contributed by atoms with Gasteiger partial charge < -0.3 is 9.84 Å². The van der Waals surface area contributed by atoms with Crippen molar-refractivity contribution in [2.24, 2.45) is 0 Å². The highest BCUT2D eigenvalue weighted by molar-refractivity contribution is 5.37. The van der Waals surface area contributed by atoms with E-state index in [1.165, 1.54) is 0 Å². The smallest absolute Gasteiger partial charge is 0.416 e. The summed E-state index contributed by atoms with van der Waals surface area (Å²) in [5, 5.41) is 9.21. The quantitative estimate of drug-likeness (QED) is 0.855. The normalized spacial score (nSPS) is 14.2. The number of benzene rings is 1. The van der Waals surface area contributed by atoms with E-state index in [-0.39, 0.29) is 19.1 Å². The number of halogens is 6. The van der Waals surface area contributed by atoms with Crippen LogP contribution in [-0.4, -0.2) is 17.8 Å². The minimum atomic E-state index is -4.91. The molecule has 20 heavy (non-hydrogen) atoms. The Morgan fingerprint density at radius 2 is 1.45 bits per heavy atom. The monoisotopic (exact) mass is 302 g/mol. The van der Waals surface area contributed by atoms with E-state index in [0.717, 1.165) is 0 Å². The summed E-state index contributed by atoms with van der Waals surface area (Å²) in [4.78, 5) is 0. The highest BCUT2D eigenvalue weighted by Gasteiger charge is 2.37. The molecule has 0 saturated heterocycles. The fraction of sp³-hybridized carbons (Fsp3) is 0.500. The summed E-state index contributed by atoms with van der Waals surface area (Å²) in [6.45, 7) is 1.22. The zero-order chi connectivity index (χ0) is 15.6. The first-order chi connectivity index (χ1) is 9.04. The molecule has 0 spiro atoms. The Morgan fingerprint density at radius 1 is 1.00 bits per heavy atom. The molecule has 0 saturated carbocycles. The number of hydrogen-bond donors (Lipinski definition) is 1. The van der Waals surface area contributed by atoms with Gasteiger partial charge in [-0.15, -0.1) is 0 Å². The number of aliphatic hydroxyl groups excluding tert-OH is 1. The van der Waals surface area contributed by atoms with Crippen LogP contribution in [0.5, 0.6) is 5.75 Å². The molecule has 0 aromatic heterocycles. The summed E-state index contributed by atoms with van der Waals surface area (Å²) < 4.78 is 80.0. The predicted octanol–water partition coefficient (Wildman–Crippen LogP) is 3.87. The van der Waals surface area contributed by atoms with Crippen LogP contribution in [0, 0.1) is 0 Å². The van der Waals surface area contributed by atoms with Gasteiger partial charge in [0, 0.05) is 0 Å². The third-order valence-corrected chi connectivity index (χ3v) is 2.47. The van der Waals surface area contributed by atoms with E-state index in [9.17, 15) is 31.4 Å². The van der Waals surface area contributed by atoms with E-state index in [4.69, 9.17) is 4.74 Å². The van der Waals surface area contributed by atoms with E-state index in [0.29, 0.717) is 12.1 Å². The Morgan fingerprint density at radius 3 is 1.80 bits per heavy atom. The van der Waals surface area contributed by atoms with Crippen LogP contribution in [0.15, 0.2) is 18.2 Å². The van der Waals surface area contributed by atoms with Crippen LogP contribution in [0.2, 0.25) is 0 Å². The van der Waals surface area contributed by atoms with Crippen LogP contribution >= 0.6 is 0 Å². The van der Waals surface area contributed by atoms with Crippen molar-refractivity contribution in [2.75, 3.05) is 6.61 Å². The van der Waals surface area contributed by atoms with Gasteiger partial charge in [-0.3, -0.25) is 0 Å². The second kappa shape index (κ2) is 5.90. The van der Waals surface area contributed by atoms with Crippen molar-refractivity contribution in [3.8, 4) is 5.75 Å². The van der Waals surface area contributed by atoms with Gasteiger partial charge in [-0.1, -0.05) is 6.92 Å². The van der Waals surface area contributed by atoms with Gasteiger partial charge >= 0.3 is 12.4 Å². The largest absolute Gasteiger partial charge is 0.491 e. The molecule has 1 atom stereocenters. The van der Waals surface area contributed by atoms with Gasteiger partial charge in [0.15, 0.2) is 0 Å². The predicted molar refractivity (Wildman–Crippen MR) is 58.2 cm³/mol. The lowest BCUT2D eigenvalue weighted by Gasteiger charge is -2.16. The summed E-state index contributed by atoms with van der Waals surface area (Å²) in [6, 6.07) is 0.957. The summed E-state index contributed by atoms with van der Waals surface area (Å²) in [5.41, 5.74) is -2.90. The Balaban J connectivity index is 3.11. The SMILES string of the molecule is CCC(O)COc1cc(C(F)(F)F)cc(C(F)(F)F)c1. The Bertz CT molecular complexity index is 420. The van der Waals surface area contributed by atoms with Gasteiger partial charge in [-0.25, -0.2) is 0 Å². The number of rotatable bonds is 4. The molecule has 0 aliphatic heterocycles. The molecule has 0 bridgehead atoms. The molecule has 1 rings (SSSR count). The maximum Gasteiger partial charge on any atom is 0.416 e. The molecule has 1 aromatic rings. The van der Waals surface area contributed by atoms with E-state index >= 15 is 0 Å². The lowest BCUT2D eigenvalue weighted by atomic mass is 10.1. The summed E-state index contributed by atoms with van der Waals surface area (Å²) in [7, 11) is 0.